The molecule has 2 nitrogen and oxygen atoms in total. The van der Waals surface area contributed by atoms with Crippen LogP contribution in [0.15, 0.2) is 29.6 Å². The Morgan fingerprint density at radius 2 is 2.06 bits per heavy atom. The van der Waals surface area contributed by atoms with Crippen molar-refractivity contribution in [3.8, 4) is 0 Å². The van der Waals surface area contributed by atoms with Crippen molar-refractivity contribution in [2.75, 3.05) is 6.54 Å². The molecule has 1 aromatic heterocycles. The zero-order chi connectivity index (χ0) is 12.8. The van der Waals surface area contributed by atoms with Crippen molar-refractivity contribution in [1.82, 2.24) is 10.3 Å². The average Bonchev–Trinajstić information content (AvgIpc) is 2.85. The van der Waals surface area contributed by atoms with Gasteiger partial charge in [-0.25, -0.2) is 4.98 Å². The van der Waals surface area contributed by atoms with Crippen molar-refractivity contribution < 1.29 is 0 Å². The maximum Gasteiger partial charge on any atom is 0.0926 e. The molecule has 0 fully saturated rings. The van der Waals surface area contributed by atoms with Crippen molar-refractivity contribution in [1.29, 1.82) is 0 Å². The molecule has 1 aromatic carbocycles. The fourth-order valence-corrected chi connectivity index (χ4v) is 2.56. The number of hydrogen-bond donors (Lipinski definition) is 1. The van der Waals surface area contributed by atoms with E-state index in [2.05, 4.69) is 34.7 Å². The summed E-state index contributed by atoms with van der Waals surface area (Å²) in [5, 5.41) is 7.55. The lowest BCUT2D eigenvalue weighted by atomic mass is 10.1. The molecular formula is C14H17ClN2S. The van der Waals surface area contributed by atoms with Gasteiger partial charge in [0.05, 0.1) is 10.7 Å². The van der Waals surface area contributed by atoms with E-state index in [4.69, 9.17) is 11.6 Å². The summed E-state index contributed by atoms with van der Waals surface area (Å²) in [5.41, 5.74) is 2.45. The highest BCUT2D eigenvalue weighted by Gasteiger charge is 1.99. The van der Waals surface area contributed by atoms with Crippen LogP contribution in [0.5, 0.6) is 0 Å². The van der Waals surface area contributed by atoms with Crippen LogP contribution in [-0.4, -0.2) is 11.5 Å². The normalized spacial score (nSPS) is 10.8. The van der Waals surface area contributed by atoms with E-state index in [1.165, 1.54) is 10.6 Å². The van der Waals surface area contributed by atoms with Gasteiger partial charge in [-0.3, -0.25) is 0 Å². The summed E-state index contributed by atoms with van der Waals surface area (Å²) in [7, 11) is 0. The maximum absolute atomic E-state index is 5.85. The van der Waals surface area contributed by atoms with E-state index in [0.717, 1.165) is 36.6 Å². The largest absolute Gasteiger partial charge is 0.311 e. The lowest BCUT2D eigenvalue weighted by Crippen LogP contribution is -2.16. The first-order valence-corrected chi connectivity index (χ1v) is 7.42. The van der Waals surface area contributed by atoms with Crippen LogP contribution in [0.2, 0.25) is 5.02 Å². The number of benzene rings is 1. The Hall–Kier alpha value is -0.900. The third-order valence-corrected chi connectivity index (χ3v) is 4.01. The van der Waals surface area contributed by atoms with Crippen LogP contribution in [-0.2, 0) is 19.4 Å². The Labute approximate surface area is 117 Å². The lowest BCUT2D eigenvalue weighted by Gasteiger charge is -2.03. The third kappa shape index (κ3) is 4.09. The predicted molar refractivity (Wildman–Crippen MR) is 78.4 cm³/mol. The first-order valence-electron chi connectivity index (χ1n) is 6.16. The van der Waals surface area contributed by atoms with Gasteiger partial charge >= 0.3 is 0 Å². The summed E-state index contributed by atoms with van der Waals surface area (Å²) in [5.74, 6) is 0. The van der Waals surface area contributed by atoms with E-state index in [1.807, 2.05) is 12.1 Å². The number of aromatic nitrogens is 1. The SMILES string of the molecule is CCc1nc(CNCCc2ccc(Cl)cc2)cs1. The molecule has 0 saturated carbocycles. The van der Waals surface area contributed by atoms with Gasteiger partial charge in [-0.1, -0.05) is 30.7 Å². The van der Waals surface area contributed by atoms with Crippen LogP contribution in [0, 0.1) is 0 Å². The minimum atomic E-state index is 0.793. The molecular weight excluding hydrogens is 264 g/mol. The van der Waals surface area contributed by atoms with E-state index >= 15 is 0 Å². The number of rotatable bonds is 6. The Morgan fingerprint density at radius 3 is 2.72 bits per heavy atom. The Kier molecular flexibility index (Phi) is 5.17. The van der Waals surface area contributed by atoms with Gasteiger partial charge in [0.25, 0.3) is 0 Å². The molecule has 0 aliphatic rings. The topological polar surface area (TPSA) is 24.9 Å². The van der Waals surface area contributed by atoms with Gasteiger partial charge in [0.1, 0.15) is 0 Å². The number of aryl methyl sites for hydroxylation is 1. The molecule has 1 heterocycles. The summed E-state index contributed by atoms with van der Waals surface area (Å²) in [6.45, 7) is 3.95. The summed E-state index contributed by atoms with van der Waals surface area (Å²) >= 11 is 7.59. The quantitative estimate of drug-likeness (QED) is 0.817. The molecule has 2 aromatic rings. The molecule has 4 heteroatoms. The van der Waals surface area contributed by atoms with Gasteiger partial charge in [0.2, 0.25) is 0 Å². The molecule has 0 aliphatic heterocycles. The minimum Gasteiger partial charge on any atom is -0.311 e. The molecule has 18 heavy (non-hydrogen) atoms. The Bertz CT molecular complexity index is 479. The second-order valence-corrected chi connectivity index (χ2v) is 5.52. The van der Waals surface area contributed by atoms with E-state index in [0.29, 0.717) is 0 Å². The van der Waals surface area contributed by atoms with Crippen molar-refractivity contribution >= 4 is 22.9 Å². The molecule has 0 aliphatic carbocycles. The Balaban J connectivity index is 1.71. The van der Waals surface area contributed by atoms with E-state index in [9.17, 15) is 0 Å². The average molecular weight is 281 g/mol. The monoisotopic (exact) mass is 280 g/mol. The van der Waals surface area contributed by atoms with Crippen LogP contribution in [0.25, 0.3) is 0 Å². The summed E-state index contributed by atoms with van der Waals surface area (Å²) < 4.78 is 0. The molecule has 96 valence electrons. The second kappa shape index (κ2) is 6.88. The van der Waals surface area contributed by atoms with Gasteiger partial charge in [0.15, 0.2) is 0 Å². The van der Waals surface area contributed by atoms with Gasteiger partial charge in [-0.05, 0) is 37.1 Å². The maximum atomic E-state index is 5.85. The second-order valence-electron chi connectivity index (χ2n) is 4.14. The van der Waals surface area contributed by atoms with E-state index in [-0.39, 0.29) is 0 Å². The molecule has 0 unspecified atom stereocenters. The van der Waals surface area contributed by atoms with Gasteiger partial charge in [-0.15, -0.1) is 11.3 Å². The van der Waals surface area contributed by atoms with Gasteiger partial charge in [0, 0.05) is 16.9 Å². The smallest absolute Gasteiger partial charge is 0.0926 e. The number of halogens is 1. The van der Waals surface area contributed by atoms with Crippen LogP contribution < -0.4 is 5.32 Å². The number of thiazole rings is 1. The van der Waals surface area contributed by atoms with Crippen molar-refractivity contribution in [3.05, 3.63) is 50.9 Å². The molecule has 0 atom stereocenters. The van der Waals surface area contributed by atoms with Crippen molar-refractivity contribution in [2.24, 2.45) is 0 Å². The van der Waals surface area contributed by atoms with Crippen LogP contribution in [0.4, 0.5) is 0 Å². The predicted octanol–water partition coefficient (Wildman–Crippen LogP) is 3.69. The van der Waals surface area contributed by atoms with Crippen LogP contribution >= 0.6 is 22.9 Å². The first-order chi connectivity index (χ1) is 8.78. The van der Waals surface area contributed by atoms with Crippen molar-refractivity contribution in [3.63, 3.8) is 0 Å². The van der Waals surface area contributed by atoms with E-state index in [1.54, 1.807) is 11.3 Å². The standard InChI is InChI=1S/C14H17ClN2S/c1-2-14-17-13(10-18-14)9-16-8-7-11-3-5-12(15)6-4-11/h3-6,10,16H,2,7-9H2,1H3. The fourth-order valence-electron chi connectivity index (χ4n) is 1.69. The van der Waals surface area contributed by atoms with Crippen LogP contribution in [0.1, 0.15) is 23.2 Å². The number of hydrogen-bond acceptors (Lipinski definition) is 3. The molecule has 0 spiro atoms. The highest BCUT2D eigenvalue weighted by molar-refractivity contribution is 7.09. The van der Waals surface area contributed by atoms with Gasteiger partial charge < -0.3 is 5.32 Å². The highest BCUT2D eigenvalue weighted by atomic mass is 35.5. The number of nitrogens with zero attached hydrogens (tertiary/aromatic N) is 1. The highest BCUT2D eigenvalue weighted by Crippen LogP contribution is 2.11. The molecule has 1 N–H and O–H groups in total. The summed E-state index contributed by atoms with van der Waals surface area (Å²) in [6, 6.07) is 8.01. The van der Waals surface area contributed by atoms with Crippen molar-refractivity contribution in [2.45, 2.75) is 26.3 Å². The third-order valence-electron chi connectivity index (χ3n) is 2.71. The zero-order valence-corrected chi connectivity index (χ0v) is 12.0. The number of nitrogens with one attached hydrogen (secondary N) is 1. The molecule has 0 bridgehead atoms. The zero-order valence-electron chi connectivity index (χ0n) is 10.4. The summed E-state index contributed by atoms with van der Waals surface area (Å²) in [4.78, 5) is 4.52. The lowest BCUT2D eigenvalue weighted by molar-refractivity contribution is 0.676. The van der Waals surface area contributed by atoms with Crippen LogP contribution in [0.3, 0.4) is 0 Å². The summed E-state index contributed by atoms with van der Waals surface area (Å²) in [6.07, 6.45) is 2.04. The van der Waals surface area contributed by atoms with Gasteiger partial charge in [-0.2, -0.15) is 0 Å². The molecule has 0 amide bonds. The molecule has 0 radical (unpaired) electrons. The minimum absolute atomic E-state index is 0.793. The fraction of sp³-hybridized carbons (Fsp3) is 0.357. The molecule has 2 rings (SSSR count). The molecule has 0 saturated heterocycles. The Morgan fingerprint density at radius 1 is 1.28 bits per heavy atom. The first kappa shape index (κ1) is 13.5. The van der Waals surface area contributed by atoms with E-state index < -0.39 is 0 Å².